The number of rotatable bonds is 5. The maximum absolute atomic E-state index is 12.9. The average Bonchev–Trinajstić information content (AvgIpc) is 2.76. The normalized spacial score (nSPS) is 25.8. The molecule has 1 aliphatic rings. The van der Waals surface area contributed by atoms with Crippen LogP contribution in [-0.4, -0.2) is 39.6 Å². The van der Waals surface area contributed by atoms with Gasteiger partial charge in [0.25, 0.3) is 5.34 Å². The van der Waals surface area contributed by atoms with E-state index in [1.54, 1.807) is 24.3 Å². The summed E-state index contributed by atoms with van der Waals surface area (Å²) in [5.41, 5.74) is 1.01. The molecule has 0 radical (unpaired) electrons. The first-order valence-corrected chi connectivity index (χ1v) is 7.50. The van der Waals surface area contributed by atoms with Gasteiger partial charge in [-0.05, 0) is 5.56 Å². The van der Waals surface area contributed by atoms with Crippen LogP contribution in [-0.2, 0) is 23.1 Å². The highest BCUT2D eigenvalue weighted by Crippen LogP contribution is 2.68. The quantitative estimate of drug-likeness (QED) is 0.778. The number of ketones is 1. The fourth-order valence-electron chi connectivity index (χ4n) is 2.67. The van der Waals surface area contributed by atoms with Gasteiger partial charge in [-0.3, -0.25) is 9.36 Å². The van der Waals surface area contributed by atoms with Gasteiger partial charge in [0.2, 0.25) is 5.78 Å². The fraction of sp³-hybridized carbons (Fsp3) is 0.462. The number of carbonyl (C=O) groups excluding carboxylic acids is 1. The van der Waals surface area contributed by atoms with E-state index < -0.39 is 24.8 Å². The lowest BCUT2D eigenvalue weighted by Gasteiger charge is -2.35. The molecule has 110 valence electrons. The molecule has 0 heterocycles. The minimum atomic E-state index is -3.87. The number of methoxy groups -OCH3 is 2. The molecule has 0 aromatic heterocycles. The maximum Gasteiger partial charge on any atom is 0.372 e. The first kappa shape index (κ1) is 15.4. The largest absolute Gasteiger partial charge is 0.372 e. The van der Waals surface area contributed by atoms with E-state index >= 15 is 0 Å². The standard InChI is InChI=1S/C13H17O6P/c1-16-12-10-8-6-5-7-9(10)11(14)13(12,17-2)20(15,18-3)19-4/h5-8,12H,1-4H3. The number of ether oxygens (including phenoxy) is 2. The topological polar surface area (TPSA) is 71.1 Å². The summed E-state index contributed by atoms with van der Waals surface area (Å²) < 4.78 is 33.6. The monoisotopic (exact) mass is 300 g/mol. The van der Waals surface area contributed by atoms with Gasteiger partial charge in [-0.15, -0.1) is 0 Å². The molecule has 2 atom stereocenters. The van der Waals surface area contributed by atoms with Gasteiger partial charge in [0.1, 0.15) is 6.10 Å². The van der Waals surface area contributed by atoms with Crippen LogP contribution in [0.2, 0.25) is 0 Å². The van der Waals surface area contributed by atoms with Gasteiger partial charge in [0.05, 0.1) is 0 Å². The molecule has 1 aromatic rings. The highest BCUT2D eigenvalue weighted by Gasteiger charge is 2.67. The van der Waals surface area contributed by atoms with Gasteiger partial charge in [-0.25, -0.2) is 0 Å². The van der Waals surface area contributed by atoms with Crippen LogP contribution in [0.15, 0.2) is 24.3 Å². The summed E-state index contributed by atoms with van der Waals surface area (Å²) in [7, 11) is 1.28. The van der Waals surface area contributed by atoms with Gasteiger partial charge in [-0.1, -0.05) is 24.3 Å². The molecule has 0 fully saturated rings. The third-order valence-corrected chi connectivity index (χ3v) is 6.00. The van der Waals surface area contributed by atoms with Crippen molar-refractivity contribution >= 4 is 13.4 Å². The number of carbonyl (C=O) groups is 1. The molecular formula is C13H17O6P. The number of hydrogen-bond acceptors (Lipinski definition) is 6. The van der Waals surface area contributed by atoms with E-state index in [0.29, 0.717) is 11.1 Å². The van der Waals surface area contributed by atoms with Crippen LogP contribution in [0.4, 0.5) is 0 Å². The maximum atomic E-state index is 12.9. The molecule has 20 heavy (non-hydrogen) atoms. The van der Waals surface area contributed by atoms with Crippen molar-refractivity contribution in [2.75, 3.05) is 28.4 Å². The van der Waals surface area contributed by atoms with Gasteiger partial charge in [0, 0.05) is 34.0 Å². The zero-order chi connectivity index (χ0) is 15.0. The summed E-state index contributed by atoms with van der Waals surface area (Å²) in [5.74, 6) is -0.463. The molecule has 0 N–H and O–H groups in total. The van der Waals surface area contributed by atoms with Crippen LogP contribution in [0.25, 0.3) is 0 Å². The second-order valence-corrected chi connectivity index (χ2v) is 6.68. The van der Waals surface area contributed by atoms with Crippen molar-refractivity contribution in [2.24, 2.45) is 0 Å². The van der Waals surface area contributed by atoms with Crippen LogP contribution in [0.1, 0.15) is 22.0 Å². The van der Waals surface area contributed by atoms with E-state index in [9.17, 15) is 9.36 Å². The second kappa shape index (κ2) is 5.39. The molecule has 2 rings (SSSR count). The number of Topliss-reactive ketones (excluding diaryl/α,β-unsaturated/α-hetero) is 1. The number of hydrogen-bond donors (Lipinski definition) is 0. The fourth-order valence-corrected chi connectivity index (χ4v) is 4.48. The molecule has 0 spiro atoms. The van der Waals surface area contributed by atoms with E-state index in [1.807, 2.05) is 0 Å². The Labute approximate surface area is 117 Å². The van der Waals surface area contributed by atoms with Crippen molar-refractivity contribution in [3.05, 3.63) is 35.4 Å². The molecule has 0 aliphatic heterocycles. The lowest BCUT2D eigenvalue weighted by Crippen LogP contribution is -2.42. The van der Waals surface area contributed by atoms with Crippen LogP contribution < -0.4 is 0 Å². The summed E-state index contributed by atoms with van der Waals surface area (Å²) in [6, 6.07) is 6.87. The molecule has 0 saturated carbocycles. The van der Waals surface area contributed by atoms with E-state index in [0.717, 1.165) is 0 Å². The third-order valence-electron chi connectivity index (χ3n) is 3.60. The Morgan fingerprint density at radius 1 is 1.10 bits per heavy atom. The molecule has 0 saturated heterocycles. The Hall–Kier alpha value is -1.04. The summed E-state index contributed by atoms with van der Waals surface area (Å²) in [5, 5.41) is -1.82. The molecule has 1 aliphatic carbocycles. The molecular weight excluding hydrogens is 283 g/mol. The van der Waals surface area contributed by atoms with Crippen molar-refractivity contribution in [1.29, 1.82) is 0 Å². The Morgan fingerprint density at radius 3 is 2.20 bits per heavy atom. The molecule has 2 unspecified atom stereocenters. The van der Waals surface area contributed by atoms with E-state index in [4.69, 9.17) is 18.5 Å². The third kappa shape index (κ3) is 1.73. The lowest BCUT2D eigenvalue weighted by molar-refractivity contribution is -0.0550. The van der Waals surface area contributed by atoms with Crippen LogP contribution >= 0.6 is 7.60 Å². The average molecular weight is 300 g/mol. The Morgan fingerprint density at radius 2 is 1.70 bits per heavy atom. The zero-order valence-corrected chi connectivity index (χ0v) is 12.7. The Balaban J connectivity index is 2.72. The predicted octanol–water partition coefficient (Wildman–Crippen LogP) is 2.40. The van der Waals surface area contributed by atoms with Crippen molar-refractivity contribution in [3.8, 4) is 0 Å². The van der Waals surface area contributed by atoms with Gasteiger partial charge in [0.15, 0.2) is 0 Å². The van der Waals surface area contributed by atoms with Gasteiger partial charge in [-0.2, -0.15) is 0 Å². The van der Waals surface area contributed by atoms with E-state index in [-0.39, 0.29) is 0 Å². The minimum Gasteiger partial charge on any atom is -0.372 e. The van der Waals surface area contributed by atoms with Gasteiger partial charge >= 0.3 is 7.60 Å². The van der Waals surface area contributed by atoms with E-state index in [1.165, 1.54) is 28.4 Å². The van der Waals surface area contributed by atoms with Crippen LogP contribution in [0.5, 0.6) is 0 Å². The van der Waals surface area contributed by atoms with Crippen LogP contribution in [0.3, 0.4) is 0 Å². The van der Waals surface area contributed by atoms with Crippen molar-refractivity contribution in [3.63, 3.8) is 0 Å². The molecule has 7 heteroatoms. The van der Waals surface area contributed by atoms with E-state index in [2.05, 4.69) is 0 Å². The Bertz CT molecular complexity index is 564. The second-order valence-electron chi connectivity index (χ2n) is 4.30. The molecule has 6 nitrogen and oxygen atoms in total. The summed E-state index contributed by atoms with van der Waals surface area (Å²) >= 11 is 0. The van der Waals surface area contributed by atoms with Crippen molar-refractivity contribution < 1.29 is 27.9 Å². The van der Waals surface area contributed by atoms with Crippen molar-refractivity contribution in [2.45, 2.75) is 11.4 Å². The number of fused-ring (bicyclic) bond motifs is 1. The highest BCUT2D eigenvalue weighted by atomic mass is 31.2. The molecule has 1 aromatic carbocycles. The smallest absolute Gasteiger partial charge is 0.372 e. The van der Waals surface area contributed by atoms with Crippen molar-refractivity contribution in [1.82, 2.24) is 0 Å². The van der Waals surface area contributed by atoms with Crippen LogP contribution in [0, 0.1) is 0 Å². The minimum absolute atomic E-state index is 0.399. The summed E-state index contributed by atoms with van der Waals surface area (Å²) in [6.45, 7) is 0. The molecule has 0 amide bonds. The SMILES string of the molecule is COC1c2ccccc2C(=O)C1(OC)P(=O)(OC)OC. The first-order chi connectivity index (χ1) is 9.52. The number of benzene rings is 1. The Kier molecular flexibility index (Phi) is 4.14. The predicted molar refractivity (Wildman–Crippen MR) is 71.9 cm³/mol. The summed E-state index contributed by atoms with van der Waals surface area (Å²) in [6.07, 6.45) is -0.859. The highest BCUT2D eigenvalue weighted by molar-refractivity contribution is 7.56. The summed E-state index contributed by atoms with van der Waals surface area (Å²) in [4.78, 5) is 12.7. The zero-order valence-electron chi connectivity index (χ0n) is 11.8. The lowest BCUT2D eigenvalue weighted by atomic mass is 10.1. The molecule has 0 bridgehead atoms. The van der Waals surface area contributed by atoms with Gasteiger partial charge < -0.3 is 18.5 Å². The first-order valence-electron chi connectivity index (χ1n) is 5.95.